The van der Waals surface area contributed by atoms with Crippen LogP contribution in [0.15, 0.2) is 18.2 Å². The molecule has 1 heterocycles. The van der Waals surface area contributed by atoms with Crippen molar-refractivity contribution in [3.63, 3.8) is 0 Å². The molecule has 1 aliphatic rings. The van der Waals surface area contributed by atoms with Gasteiger partial charge in [-0.25, -0.2) is 0 Å². The first-order valence-electron chi connectivity index (χ1n) is 8.01. The number of hydrogen-bond acceptors (Lipinski definition) is 2. The number of benzene rings is 1. The van der Waals surface area contributed by atoms with Gasteiger partial charge in [0.2, 0.25) is 0 Å². The van der Waals surface area contributed by atoms with Gasteiger partial charge in [-0.15, -0.1) is 0 Å². The van der Waals surface area contributed by atoms with E-state index in [0.29, 0.717) is 12.5 Å². The Balaban J connectivity index is 1.89. The molecule has 2 N–H and O–H groups in total. The number of methoxy groups -OCH3 is 1. The van der Waals surface area contributed by atoms with E-state index in [0.717, 1.165) is 23.9 Å². The molecular weight excluding hydrogens is 276 g/mol. The number of carbonyl (C=O) groups is 1. The molecule has 1 aromatic heterocycles. The number of hydrogen-bond donors (Lipinski definition) is 2. The third-order valence-electron chi connectivity index (χ3n) is 4.49. The highest BCUT2D eigenvalue weighted by Gasteiger charge is 2.20. The zero-order valence-electron chi connectivity index (χ0n) is 13.5. The van der Waals surface area contributed by atoms with E-state index in [4.69, 9.17) is 4.74 Å². The van der Waals surface area contributed by atoms with Crippen LogP contribution in [-0.4, -0.2) is 30.6 Å². The number of rotatable bonds is 4. The zero-order valence-corrected chi connectivity index (χ0v) is 13.5. The molecule has 0 bridgehead atoms. The fourth-order valence-electron chi connectivity index (χ4n) is 3.33. The van der Waals surface area contributed by atoms with E-state index in [1.165, 1.54) is 23.1 Å². The molecule has 0 saturated carbocycles. The van der Waals surface area contributed by atoms with Crippen molar-refractivity contribution in [3.05, 3.63) is 35.0 Å². The Hall–Kier alpha value is -1.81. The lowest BCUT2D eigenvalue weighted by Crippen LogP contribution is -2.35. The summed E-state index contributed by atoms with van der Waals surface area (Å²) in [6, 6.07) is 5.95. The number of carbonyl (C=O) groups excluding carboxylic acids is 1. The Morgan fingerprint density at radius 1 is 1.50 bits per heavy atom. The molecule has 2 aromatic rings. The van der Waals surface area contributed by atoms with Crippen LogP contribution in [0.25, 0.3) is 10.9 Å². The average molecular weight is 300 g/mol. The first-order chi connectivity index (χ1) is 10.6. The largest absolute Gasteiger partial charge is 0.383 e. The summed E-state index contributed by atoms with van der Waals surface area (Å²) >= 11 is 0. The minimum Gasteiger partial charge on any atom is -0.383 e. The number of nitrogens with one attached hydrogen (secondary N) is 2. The van der Waals surface area contributed by atoms with Gasteiger partial charge in [0.15, 0.2) is 0 Å². The molecule has 3 rings (SSSR count). The molecule has 22 heavy (non-hydrogen) atoms. The van der Waals surface area contributed by atoms with Gasteiger partial charge in [-0.1, -0.05) is 6.92 Å². The number of amides is 1. The highest BCUT2D eigenvalue weighted by Crippen LogP contribution is 2.32. The molecular formula is C18H24N2O2. The normalized spacial score (nSPS) is 19.0. The lowest BCUT2D eigenvalue weighted by Gasteiger charge is -2.18. The Kier molecular flexibility index (Phi) is 4.21. The van der Waals surface area contributed by atoms with Crippen LogP contribution in [0.4, 0.5) is 0 Å². The Labute approximate surface area is 131 Å². The standard InChI is InChI=1S/C18H24N2O2/c1-11-4-6-16-14(8-11)15-9-13(5-7-17(15)20-16)18(21)19-12(2)10-22-3/h5,7,9,11-12,20H,4,6,8,10H2,1-3H3,(H,19,21). The van der Waals surface area contributed by atoms with Crippen molar-refractivity contribution in [2.24, 2.45) is 5.92 Å². The number of fused-ring (bicyclic) bond motifs is 3. The molecule has 2 atom stereocenters. The van der Waals surface area contributed by atoms with E-state index < -0.39 is 0 Å². The van der Waals surface area contributed by atoms with E-state index in [2.05, 4.69) is 17.2 Å². The first kappa shape index (κ1) is 15.1. The van der Waals surface area contributed by atoms with Crippen molar-refractivity contribution in [2.75, 3.05) is 13.7 Å². The molecule has 1 aromatic carbocycles. The smallest absolute Gasteiger partial charge is 0.251 e. The van der Waals surface area contributed by atoms with Crippen LogP contribution in [0, 0.1) is 5.92 Å². The highest BCUT2D eigenvalue weighted by atomic mass is 16.5. The predicted molar refractivity (Wildman–Crippen MR) is 88.3 cm³/mol. The highest BCUT2D eigenvalue weighted by molar-refractivity contribution is 5.99. The number of aryl methyl sites for hydroxylation is 1. The summed E-state index contributed by atoms with van der Waals surface area (Å²) in [5, 5.41) is 4.17. The van der Waals surface area contributed by atoms with Gasteiger partial charge in [-0.2, -0.15) is 0 Å². The van der Waals surface area contributed by atoms with Crippen molar-refractivity contribution in [1.82, 2.24) is 10.3 Å². The maximum atomic E-state index is 12.4. The molecule has 4 heteroatoms. The van der Waals surface area contributed by atoms with Crippen LogP contribution in [0.1, 0.15) is 41.9 Å². The van der Waals surface area contributed by atoms with Crippen LogP contribution in [0.5, 0.6) is 0 Å². The summed E-state index contributed by atoms with van der Waals surface area (Å²) < 4.78 is 5.06. The third kappa shape index (κ3) is 2.88. The van der Waals surface area contributed by atoms with Crippen molar-refractivity contribution in [3.8, 4) is 0 Å². The lowest BCUT2D eigenvalue weighted by atomic mass is 9.87. The maximum absolute atomic E-state index is 12.4. The van der Waals surface area contributed by atoms with Gasteiger partial charge in [0, 0.05) is 35.3 Å². The van der Waals surface area contributed by atoms with Gasteiger partial charge in [0.05, 0.1) is 6.61 Å². The Morgan fingerprint density at radius 2 is 2.32 bits per heavy atom. The SMILES string of the molecule is COCC(C)NC(=O)c1ccc2[nH]c3c(c2c1)CC(C)CC3. The molecule has 0 radical (unpaired) electrons. The Morgan fingerprint density at radius 3 is 3.09 bits per heavy atom. The quantitative estimate of drug-likeness (QED) is 0.912. The molecule has 2 unspecified atom stereocenters. The van der Waals surface area contributed by atoms with Gasteiger partial charge >= 0.3 is 0 Å². The van der Waals surface area contributed by atoms with Crippen LogP contribution < -0.4 is 5.32 Å². The number of aromatic nitrogens is 1. The van der Waals surface area contributed by atoms with E-state index in [9.17, 15) is 4.79 Å². The second-order valence-electron chi connectivity index (χ2n) is 6.52. The average Bonchev–Trinajstić information content (AvgIpc) is 2.84. The van der Waals surface area contributed by atoms with Crippen molar-refractivity contribution >= 4 is 16.8 Å². The second kappa shape index (κ2) is 6.13. The first-order valence-corrected chi connectivity index (χ1v) is 8.01. The molecule has 0 spiro atoms. The minimum atomic E-state index is -0.0368. The summed E-state index contributed by atoms with van der Waals surface area (Å²) in [7, 11) is 1.64. The van der Waals surface area contributed by atoms with Gasteiger partial charge in [0.25, 0.3) is 5.91 Å². The van der Waals surface area contributed by atoms with Crippen LogP contribution >= 0.6 is 0 Å². The van der Waals surface area contributed by atoms with Crippen LogP contribution in [0.3, 0.4) is 0 Å². The molecule has 1 amide bonds. The summed E-state index contributed by atoms with van der Waals surface area (Å²) in [5.41, 5.74) is 4.60. The van der Waals surface area contributed by atoms with Crippen molar-refractivity contribution in [2.45, 2.75) is 39.2 Å². The van der Waals surface area contributed by atoms with E-state index >= 15 is 0 Å². The van der Waals surface area contributed by atoms with Gasteiger partial charge in [-0.3, -0.25) is 4.79 Å². The monoisotopic (exact) mass is 300 g/mol. The van der Waals surface area contributed by atoms with Crippen molar-refractivity contribution < 1.29 is 9.53 Å². The summed E-state index contributed by atoms with van der Waals surface area (Å²) in [4.78, 5) is 15.9. The predicted octanol–water partition coefficient (Wildman–Crippen LogP) is 3.06. The minimum absolute atomic E-state index is 0.00774. The third-order valence-corrected chi connectivity index (χ3v) is 4.49. The van der Waals surface area contributed by atoms with Gasteiger partial charge in [0.1, 0.15) is 0 Å². The number of aromatic amines is 1. The molecule has 118 valence electrons. The number of H-pyrrole nitrogens is 1. The molecule has 0 aliphatic heterocycles. The zero-order chi connectivity index (χ0) is 15.7. The second-order valence-corrected chi connectivity index (χ2v) is 6.52. The molecule has 0 fully saturated rings. The summed E-state index contributed by atoms with van der Waals surface area (Å²) in [5.74, 6) is 0.677. The summed E-state index contributed by atoms with van der Waals surface area (Å²) in [6.07, 6.45) is 3.44. The fourth-order valence-corrected chi connectivity index (χ4v) is 3.33. The van der Waals surface area contributed by atoms with Crippen LogP contribution in [0.2, 0.25) is 0 Å². The lowest BCUT2D eigenvalue weighted by molar-refractivity contribution is 0.0905. The van der Waals surface area contributed by atoms with E-state index in [1.807, 2.05) is 25.1 Å². The topological polar surface area (TPSA) is 54.1 Å². The van der Waals surface area contributed by atoms with Crippen LogP contribution in [-0.2, 0) is 17.6 Å². The van der Waals surface area contributed by atoms with E-state index in [1.54, 1.807) is 7.11 Å². The summed E-state index contributed by atoms with van der Waals surface area (Å²) in [6.45, 7) is 4.76. The maximum Gasteiger partial charge on any atom is 0.251 e. The van der Waals surface area contributed by atoms with Crippen molar-refractivity contribution in [1.29, 1.82) is 0 Å². The van der Waals surface area contributed by atoms with Gasteiger partial charge < -0.3 is 15.0 Å². The van der Waals surface area contributed by atoms with E-state index in [-0.39, 0.29) is 11.9 Å². The number of ether oxygens (including phenoxy) is 1. The Bertz CT molecular complexity index is 690. The van der Waals surface area contributed by atoms with Gasteiger partial charge in [-0.05, 0) is 55.9 Å². The fraction of sp³-hybridized carbons (Fsp3) is 0.500. The molecule has 0 saturated heterocycles. The molecule has 4 nitrogen and oxygen atoms in total. The molecule has 1 aliphatic carbocycles.